The van der Waals surface area contributed by atoms with Crippen LogP contribution in [0.4, 0.5) is 0 Å². The van der Waals surface area contributed by atoms with Gasteiger partial charge in [0.1, 0.15) is 22.3 Å². The van der Waals surface area contributed by atoms with Gasteiger partial charge in [0.25, 0.3) is 0 Å². The lowest BCUT2D eigenvalue weighted by molar-refractivity contribution is 0.669. The standard InChI is InChI=1S/C44H23N3O2/c45-24-26-16-17-42-37(18-26)35-13-7-12-32(44(35)49-42)29-19-28(31-9-2-1-8-27(31)25-46)20-30(21-29)47-39-14-5-3-10-33(39)36-23-43-38(22-40(36)47)34-11-4-6-15-41(34)48-43/h1-23H. The summed E-state index contributed by atoms with van der Waals surface area (Å²) >= 11 is 0. The van der Waals surface area contributed by atoms with E-state index in [1.165, 1.54) is 0 Å². The number of furan rings is 2. The SMILES string of the molecule is N#Cc1ccc2oc3c(-c4cc(-c5ccccc5C#N)cc(-n5c6ccccc6c6cc7oc8ccccc8c7cc65)c4)cccc3c2c1. The number of para-hydroxylation sites is 3. The van der Waals surface area contributed by atoms with Crippen LogP contribution < -0.4 is 0 Å². The van der Waals surface area contributed by atoms with Crippen molar-refractivity contribution in [3.63, 3.8) is 0 Å². The third-order valence-corrected chi connectivity index (χ3v) is 9.64. The van der Waals surface area contributed by atoms with E-state index in [2.05, 4.69) is 83.4 Å². The Balaban J connectivity index is 1.31. The van der Waals surface area contributed by atoms with E-state index in [-0.39, 0.29) is 0 Å². The first kappa shape index (κ1) is 27.1. The van der Waals surface area contributed by atoms with Gasteiger partial charge in [0.15, 0.2) is 0 Å². The molecule has 5 nitrogen and oxygen atoms in total. The molecule has 0 saturated heterocycles. The second kappa shape index (κ2) is 10.2. The van der Waals surface area contributed by atoms with Crippen LogP contribution in [0.15, 0.2) is 148 Å². The zero-order chi connectivity index (χ0) is 32.6. The van der Waals surface area contributed by atoms with Gasteiger partial charge < -0.3 is 13.4 Å². The Morgan fingerprint density at radius 1 is 0.449 bits per heavy atom. The molecule has 0 aliphatic heterocycles. The molecule has 0 unspecified atom stereocenters. The van der Waals surface area contributed by atoms with Gasteiger partial charge in [-0.3, -0.25) is 0 Å². The molecule has 5 heteroatoms. The zero-order valence-electron chi connectivity index (χ0n) is 25.9. The fraction of sp³-hybridized carbons (Fsp3) is 0. The molecule has 0 bridgehead atoms. The van der Waals surface area contributed by atoms with Gasteiger partial charge in [0.2, 0.25) is 0 Å². The van der Waals surface area contributed by atoms with Crippen molar-refractivity contribution in [2.75, 3.05) is 0 Å². The van der Waals surface area contributed by atoms with Crippen LogP contribution in [0, 0.1) is 22.7 Å². The molecule has 10 aromatic rings. The van der Waals surface area contributed by atoms with Crippen LogP contribution in [-0.2, 0) is 0 Å². The van der Waals surface area contributed by atoms with Crippen LogP contribution >= 0.6 is 0 Å². The predicted molar refractivity (Wildman–Crippen MR) is 196 cm³/mol. The molecule has 3 heterocycles. The van der Waals surface area contributed by atoms with Crippen molar-refractivity contribution in [1.82, 2.24) is 4.57 Å². The number of hydrogen-bond acceptors (Lipinski definition) is 4. The fourth-order valence-electron chi connectivity index (χ4n) is 7.44. The highest BCUT2D eigenvalue weighted by molar-refractivity contribution is 6.17. The summed E-state index contributed by atoms with van der Waals surface area (Å²) in [6, 6.07) is 51.5. The molecule has 10 rings (SSSR count). The fourth-order valence-corrected chi connectivity index (χ4v) is 7.44. The molecule has 3 aromatic heterocycles. The minimum absolute atomic E-state index is 0.587. The number of nitrogens with zero attached hydrogens (tertiary/aromatic N) is 3. The molecule has 7 aromatic carbocycles. The molecule has 0 saturated carbocycles. The highest BCUT2D eigenvalue weighted by Gasteiger charge is 2.20. The first-order valence-corrected chi connectivity index (χ1v) is 16.0. The van der Waals surface area contributed by atoms with E-state index in [0.29, 0.717) is 11.1 Å². The van der Waals surface area contributed by atoms with E-state index in [0.717, 1.165) is 93.6 Å². The molecular weight excluding hydrogens is 603 g/mol. The maximum Gasteiger partial charge on any atom is 0.143 e. The molecule has 226 valence electrons. The van der Waals surface area contributed by atoms with Gasteiger partial charge in [-0.1, -0.05) is 72.8 Å². The molecule has 49 heavy (non-hydrogen) atoms. The lowest BCUT2D eigenvalue weighted by Crippen LogP contribution is -1.96. The minimum atomic E-state index is 0.587. The molecule has 0 aliphatic carbocycles. The van der Waals surface area contributed by atoms with Crippen LogP contribution in [0.1, 0.15) is 11.1 Å². The van der Waals surface area contributed by atoms with Crippen molar-refractivity contribution in [3.05, 3.63) is 151 Å². The van der Waals surface area contributed by atoms with Gasteiger partial charge in [-0.15, -0.1) is 0 Å². The normalized spacial score (nSPS) is 11.6. The topological polar surface area (TPSA) is 78.8 Å². The quantitative estimate of drug-likeness (QED) is 0.196. The summed E-state index contributed by atoms with van der Waals surface area (Å²) < 4.78 is 15.1. The van der Waals surface area contributed by atoms with Gasteiger partial charge >= 0.3 is 0 Å². The number of hydrogen-bond donors (Lipinski definition) is 0. The van der Waals surface area contributed by atoms with E-state index in [9.17, 15) is 10.5 Å². The van der Waals surface area contributed by atoms with Crippen molar-refractivity contribution in [1.29, 1.82) is 10.5 Å². The molecule has 0 N–H and O–H groups in total. The average Bonchev–Trinajstić information content (AvgIpc) is 3.82. The molecular formula is C44H23N3O2. The van der Waals surface area contributed by atoms with Crippen molar-refractivity contribution < 1.29 is 8.83 Å². The monoisotopic (exact) mass is 625 g/mol. The number of fused-ring (bicyclic) bond motifs is 9. The largest absolute Gasteiger partial charge is 0.456 e. The van der Waals surface area contributed by atoms with Crippen LogP contribution in [0.3, 0.4) is 0 Å². The summed E-state index contributed by atoms with van der Waals surface area (Å²) in [5, 5.41) is 25.9. The zero-order valence-corrected chi connectivity index (χ0v) is 25.9. The lowest BCUT2D eigenvalue weighted by Gasteiger charge is -2.15. The van der Waals surface area contributed by atoms with E-state index in [1.807, 2.05) is 66.7 Å². The molecule has 0 amide bonds. The minimum Gasteiger partial charge on any atom is -0.456 e. The van der Waals surface area contributed by atoms with E-state index < -0.39 is 0 Å². The van der Waals surface area contributed by atoms with E-state index in [4.69, 9.17) is 8.83 Å². The second-order valence-electron chi connectivity index (χ2n) is 12.3. The maximum absolute atomic E-state index is 10.1. The summed E-state index contributed by atoms with van der Waals surface area (Å²) in [7, 11) is 0. The smallest absolute Gasteiger partial charge is 0.143 e. The van der Waals surface area contributed by atoms with Crippen molar-refractivity contribution >= 4 is 65.7 Å². The number of rotatable bonds is 3. The van der Waals surface area contributed by atoms with Crippen LogP contribution in [0.5, 0.6) is 0 Å². The Morgan fingerprint density at radius 2 is 1.16 bits per heavy atom. The van der Waals surface area contributed by atoms with Crippen molar-refractivity contribution in [2.45, 2.75) is 0 Å². The lowest BCUT2D eigenvalue weighted by atomic mass is 9.94. The van der Waals surface area contributed by atoms with Gasteiger partial charge in [0, 0.05) is 43.6 Å². The number of nitriles is 2. The van der Waals surface area contributed by atoms with Gasteiger partial charge in [-0.25, -0.2) is 0 Å². The maximum atomic E-state index is 10.1. The van der Waals surface area contributed by atoms with Gasteiger partial charge in [0.05, 0.1) is 34.3 Å². The van der Waals surface area contributed by atoms with Crippen molar-refractivity contribution in [2.24, 2.45) is 0 Å². The van der Waals surface area contributed by atoms with Crippen molar-refractivity contribution in [3.8, 4) is 40.1 Å². The third kappa shape index (κ3) is 3.97. The first-order chi connectivity index (χ1) is 24.2. The molecule has 0 aliphatic rings. The Morgan fingerprint density at radius 3 is 2.04 bits per heavy atom. The second-order valence-corrected chi connectivity index (χ2v) is 12.3. The Bertz CT molecular complexity index is 3090. The average molecular weight is 626 g/mol. The summed E-state index contributed by atoms with van der Waals surface area (Å²) in [5.74, 6) is 0. The summed E-state index contributed by atoms with van der Waals surface area (Å²) in [5.41, 5.74) is 11.1. The van der Waals surface area contributed by atoms with E-state index in [1.54, 1.807) is 6.07 Å². The molecule has 0 atom stereocenters. The van der Waals surface area contributed by atoms with Gasteiger partial charge in [-0.05, 0) is 83.4 Å². The van der Waals surface area contributed by atoms with Crippen LogP contribution in [0.25, 0.3) is 93.6 Å². The van der Waals surface area contributed by atoms with E-state index >= 15 is 0 Å². The number of aromatic nitrogens is 1. The summed E-state index contributed by atoms with van der Waals surface area (Å²) in [4.78, 5) is 0. The summed E-state index contributed by atoms with van der Waals surface area (Å²) in [6.07, 6.45) is 0. The Kier molecular flexibility index (Phi) is 5.64. The summed E-state index contributed by atoms with van der Waals surface area (Å²) in [6.45, 7) is 0. The molecule has 0 radical (unpaired) electrons. The first-order valence-electron chi connectivity index (χ1n) is 16.0. The Labute approximate surface area is 279 Å². The highest BCUT2D eigenvalue weighted by atomic mass is 16.3. The van der Waals surface area contributed by atoms with Crippen LogP contribution in [-0.4, -0.2) is 4.57 Å². The van der Waals surface area contributed by atoms with Crippen LogP contribution in [0.2, 0.25) is 0 Å². The van der Waals surface area contributed by atoms with Gasteiger partial charge in [-0.2, -0.15) is 10.5 Å². The number of benzene rings is 7. The molecule has 0 spiro atoms. The third-order valence-electron chi connectivity index (χ3n) is 9.64. The predicted octanol–water partition coefficient (Wildman–Crippen LogP) is 11.7. The highest BCUT2D eigenvalue weighted by Crippen LogP contribution is 2.42. The molecule has 0 fully saturated rings. The Hall–Kier alpha value is -7.08.